The van der Waals surface area contributed by atoms with Crippen LogP contribution in [-0.4, -0.2) is 42.0 Å². The predicted octanol–water partition coefficient (Wildman–Crippen LogP) is 2.78. The molecule has 0 amide bonds. The predicted molar refractivity (Wildman–Crippen MR) is 103 cm³/mol. The summed E-state index contributed by atoms with van der Waals surface area (Å²) in [5.74, 6) is -1.56. The van der Waals surface area contributed by atoms with Gasteiger partial charge in [-0.3, -0.25) is 14.5 Å². The van der Waals surface area contributed by atoms with Gasteiger partial charge in [0, 0.05) is 18.8 Å². The number of carboxylic acids is 1. The van der Waals surface area contributed by atoms with Crippen molar-refractivity contribution in [3.05, 3.63) is 58.1 Å². The van der Waals surface area contributed by atoms with E-state index < -0.39 is 18.0 Å². The Balaban J connectivity index is 1.81. The lowest BCUT2D eigenvalue weighted by Crippen LogP contribution is -2.15. The first-order valence-electron chi connectivity index (χ1n) is 8.67. The fraction of sp³-hybridized carbons (Fsp3) is 0.263. The highest BCUT2D eigenvalue weighted by molar-refractivity contribution is 6.30. The van der Waals surface area contributed by atoms with Crippen LogP contribution < -0.4 is 0 Å². The molecule has 3 aromatic heterocycles. The van der Waals surface area contributed by atoms with Gasteiger partial charge in [-0.2, -0.15) is 0 Å². The summed E-state index contributed by atoms with van der Waals surface area (Å²) in [4.78, 5) is 32.0. The largest absolute Gasteiger partial charge is 0.478 e. The highest BCUT2D eigenvalue weighted by Gasteiger charge is 2.22. The van der Waals surface area contributed by atoms with E-state index in [-0.39, 0.29) is 17.1 Å². The van der Waals surface area contributed by atoms with Gasteiger partial charge in [-0.1, -0.05) is 22.9 Å². The number of ether oxygens (including phenoxy) is 1. The van der Waals surface area contributed by atoms with Crippen molar-refractivity contribution in [1.29, 1.82) is 0 Å². The molecule has 0 spiro atoms. The number of nitrogens with zero attached hydrogens (tertiary/aromatic N) is 5. The molecule has 0 unspecified atom stereocenters. The van der Waals surface area contributed by atoms with E-state index >= 15 is 0 Å². The molecule has 0 fully saturated rings. The fourth-order valence-electron chi connectivity index (χ4n) is 2.83. The van der Waals surface area contributed by atoms with Crippen LogP contribution in [0.5, 0.6) is 0 Å². The van der Waals surface area contributed by atoms with Crippen molar-refractivity contribution >= 4 is 23.5 Å². The van der Waals surface area contributed by atoms with Crippen LogP contribution in [0.15, 0.2) is 30.5 Å². The third-order valence-corrected chi connectivity index (χ3v) is 4.66. The fourth-order valence-corrected chi connectivity index (χ4v) is 3.11. The molecule has 3 heterocycles. The maximum atomic E-state index is 12.5. The second-order valence-corrected chi connectivity index (χ2v) is 6.69. The number of esters is 1. The Morgan fingerprint density at radius 2 is 2.07 bits per heavy atom. The number of carbonyl (C=O) groups is 2. The second-order valence-electron chi connectivity index (χ2n) is 6.34. The van der Waals surface area contributed by atoms with Crippen LogP contribution in [0.1, 0.15) is 40.3 Å². The summed E-state index contributed by atoms with van der Waals surface area (Å²) in [6.45, 7) is 3.30. The van der Waals surface area contributed by atoms with Crippen LogP contribution in [0.4, 0.5) is 0 Å². The van der Waals surface area contributed by atoms with Gasteiger partial charge in [0.25, 0.3) is 0 Å². The standard InChI is InChI=1S/C19H18ClN5O4/c1-10-12(19(27)28)6-7-14(22-10)17-15(25(3)24-23-17)9-16(26)29-11(2)13-5-4-8-21-18(13)20/h4-8,11H,9H2,1-3H3,(H,27,28)/t11-/m1/s1. The van der Waals surface area contributed by atoms with Crippen molar-refractivity contribution < 1.29 is 19.4 Å². The van der Waals surface area contributed by atoms with Crippen molar-refractivity contribution in [3.8, 4) is 11.4 Å². The zero-order valence-corrected chi connectivity index (χ0v) is 16.7. The van der Waals surface area contributed by atoms with Gasteiger partial charge in [0.15, 0.2) is 0 Å². The number of rotatable bonds is 6. The van der Waals surface area contributed by atoms with Crippen molar-refractivity contribution in [3.63, 3.8) is 0 Å². The molecule has 0 saturated heterocycles. The molecule has 10 heteroatoms. The van der Waals surface area contributed by atoms with Crippen LogP contribution in [0.25, 0.3) is 11.4 Å². The highest BCUT2D eigenvalue weighted by atomic mass is 35.5. The molecule has 0 aliphatic heterocycles. The molecule has 1 N–H and O–H groups in total. The van der Waals surface area contributed by atoms with E-state index in [2.05, 4.69) is 20.3 Å². The molecule has 0 aliphatic carbocycles. The number of carbonyl (C=O) groups excluding carboxylic acids is 1. The zero-order chi connectivity index (χ0) is 21.1. The molecular weight excluding hydrogens is 398 g/mol. The first kappa shape index (κ1) is 20.4. The number of halogens is 1. The Bertz CT molecular complexity index is 1080. The number of pyridine rings is 2. The van der Waals surface area contributed by atoms with Gasteiger partial charge < -0.3 is 9.84 Å². The Hall–Kier alpha value is -3.33. The van der Waals surface area contributed by atoms with Crippen molar-refractivity contribution in [2.45, 2.75) is 26.4 Å². The van der Waals surface area contributed by atoms with E-state index in [1.807, 2.05) is 0 Å². The molecule has 29 heavy (non-hydrogen) atoms. The number of aromatic carboxylic acids is 1. The van der Waals surface area contributed by atoms with E-state index in [0.29, 0.717) is 28.3 Å². The van der Waals surface area contributed by atoms with Gasteiger partial charge in [0.05, 0.1) is 29.1 Å². The maximum Gasteiger partial charge on any atom is 0.337 e. The van der Waals surface area contributed by atoms with Crippen LogP contribution in [0.2, 0.25) is 5.15 Å². The first-order valence-corrected chi connectivity index (χ1v) is 9.05. The van der Waals surface area contributed by atoms with Crippen LogP contribution >= 0.6 is 11.6 Å². The molecular formula is C19H18ClN5O4. The summed E-state index contributed by atoms with van der Waals surface area (Å²) in [5.41, 5.74) is 2.35. The minimum Gasteiger partial charge on any atom is -0.478 e. The quantitative estimate of drug-likeness (QED) is 0.482. The zero-order valence-electron chi connectivity index (χ0n) is 16.0. The Morgan fingerprint density at radius 3 is 2.72 bits per heavy atom. The number of hydrogen-bond acceptors (Lipinski definition) is 7. The molecule has 0 aromatic carbocycles. The van der Waals surface area contributed by atoms with Crippen LogP contribution in [0, 0.1) is 6.92 Å². The molecule has 0 bridgehead atoms. The summed E-state index contributed by atoms with van der Waals surface area (Å²) >= 11 is 6.05. The summed E-state index contributed by atoms with van der Waals surface area (Å²) in [6.07, 6.45) is 0.879. The number of hydrogen-bond donors (Lipinski definition) is 1. The molecule has 3 aromatic rings. The SMILES string of the molecule is Cc1nc(-c2nnn(C)c2CC(=O)O[C@H](C)c2cccnc2Cl)ccc1C(=O)O. The molecule has 3 rings (SSSR count). The molecule has 1 atom stereocenters. The first-order chi connectivity index (χ1) is 13.8. The van der Waals surface area contributed by atoms with Gasteiger partial charge in [0.2, 0.25) is 0 Å². The van der Waals surface area contributed by atoms with E-state index in [1.54, 1.807) is 39.2 Å². The van der Waals surface area contributed by atoms with Gasteiger partial charge in [-0.05, 0) is 32.0 Å². The minimum absolute atomic E-state index is 0.0948. The lowest BCUT2D eigenvalue weighted by Gasteiger charge is -2.14. The molecule has 0 aliphatic rings. The lowest BCUT2D eigenvalue weighted by atomic mass is 10.1. The molecule has 9 nitrogen and oxygen atoms in total. The Labute approximate surface area is 171 Å². The van der Waals surface area contributed by atoms with Gasteiger partial charge in [-0.15, -0.1) is 5.10 Å². The lowest BCUT2D eigenvalue weighted by molar-refractivity contribution is -0.147. The van der Waals surface area contributed by atoms with Crippen molar-refractivity contribution in [1.82, 2.24) is 25.0 Å². The minimum atomic E-state index is -1.06. The number of aryl methyl sites for hydroxylation is 2. The molecule has 150 valence electrons. The van der Waals surface area contributed by atoms with Gasteiger partial charge >= 0.3 is 11.9 Å². The van der Waals surface area contributed by atoms with E-state index in [0.717, 1.165) is 0 Å². The van der Waals surface area contributed by atoms with Crippen molar-refractivity contribution in [2.75, 3.05) is 0 Å². The average molecular weight is 416 g/mol. The average Bonchev–Trinajstić information content (AvgIpc) is 3.02. The molecule has 0 radical (unpaired) electrons. The van der Waals surface area contributed by atoms with Gasteiger partial charge in [-0.25, -0.2) is 9.78 Å². The Morgan fingerprint density at radius 1 is 1.31 bits per heavy atom. The van der Waals surface area contributed by atoms with E-state index in [4.69, 9.17) is 21.4 Å². The monoisotopic (exact) mass is 415 g/mol. The van der Waals surface area contributed by atoms with Crippen LogP contribution in [-0.2, 0) is 23.0 Å². The highest BCUT2D eigenvalue weighted by Crippen LogP contribution is 2.25. The van der Waals surface area contributed by atoms with Crippen LogP contribution in [0.3, 0.4) is 0 Å². The summed E-state index contributed by atoms with van der Waals surface area (Å²) in [7, 11) is 1.65. The third kappa shape index (κ3) is 4.40. The Kier molecular flexibility index (Phi) is 5.88. The summed E-state index contributed by atoms with van der Waals surface area (Å²) in [6, 6.07) is 6.43. The topological polar surface area (TPSA) is 120 Å². The number of aromatic nitrogens is 5. The van der Waals surface area contributed by atoms with E-state index in [1.165, 1.54) is 16.8 Å². The smallest absolute Gasteiger partial charge is 0.337 e. The van der Waals surface area contributed by atoms with Gasteiger partial charge in [0.1, 0.15) is 17.0 Å². The summed E-state index contributed by atoms with van der Waals surface area (Å²) < 4.78 is 6.94. The summed E-state index contributed by atoms with van der Waals surface area (Å²) in [5, 5.41) is 17.5. The third-order valence-electron chi connectivity index (χ3n) is 4.35. The maximum absolute atomic E-state index is 12.5. The molecule has 0 saturated carbocycles. The van der Waals surface area contributed by atoms with E-state index in [9.17, 15) is 9.59 Å². The van der Waals surface area contributed by atoms with Crippen molar-refractivity contribution in [2.24, 2.45) is 7.05 Å². The number of carboxylic acid groups (broad SMARTS) is 1. The normalized spacial score (nSPS) is 11.9. The second kappa shape index (κ2) is 8.36.